The largest absolute Gasteiger partial charge is 0.481 e. The van der Waals surface area contributed by atoms with Crippen LogP contribution in [0, 0.1) is 5.82 Å². The molecular weight excluding hydrogens is 249 g/mol. The van der Waals surface area contributed by atoms with Crippen molar-refractivity contribution in [2.75, 3.05) is 0 Å². The van der Waals surface area contributed by atoms with E-state index in [4.69, 9.17) is 5.11 Å². The van der Waals surface area contributed by atoms with Gasteiger partial charge in [0.05, 0.1) is 6.42 Å². The smallest absolute Gasteiger partial charge is 0.303 e. The SMILES string of the molecule is O=C(O)CC(CC(=O)NC1CC1)c1ccc(F)cc1. The molecule has 1 saturated carbocycles. The summed E-state index contributed by atoms with van der Waals surface area (Å²) in [5.41, 5.74) is 0.676. The molecule has 1 aromatic rings. The molecule has 1 aliphatic rings. The van der Waals surface area contributed by atoms with Crippen LogP contribution < -0.4 is 5.32 Å². The number of carbonyl (C=O) groups is 2. The highest BCUT2D eigenvalue weighted by Gasteiger charge is 2.26. The van der Waals surface area contributed by atoms with Crippen molar-refractivity contribution in [3.63, 3.8) is 0 Å². The van der Waals surface area contributed by atoms with Crippen LogP contribution >= 0.6 is 0 Å². The summed E-state index contributed by atoms with van der Waals surface area (Å²) in [5, 5.41) is 11.7. The van der Waals surface area contributed by atoms with Crippen molar-refractivity contribution in [1.82, 2.24) is 5.32 Å². The molecule has 2 N–H and O–H groups in total. The lowest BCUT2D eigenvalue weighted by atomic mass is 9.92. The number of halogens is 1. The van der Waals surface area contributed by atoms with Gasteiger partial charge in [0.25, 0.3) is 0 Å². The number of nitrogens with one attached hydrogen (secondary N) is 1. The van der Waals surface area contributed by atoms with Gasteiger partial charge in [0.2, 0.25) is 5.91 Å². The first-order chi connectivity index (χ1) is 9.04. The number of carboxylic acids is 1. The standard InChI is InChI=1S/C14H16FNO3/c15-11-3-1-9(2-4-11)10(8-14(18)19)7-13(17)16-12-5-6-12/h1-4,10,12H,5-8H2,(H,16,17)(H,18,19). The summed E-state index contributed by atoms with van der Waals surface area (Å²) < 4.78 is 12.9. The second-order valence-corrected chi connectivity index (χ2v) is 4.89. The fourth-order valence-corrected chi connectivity index (χ4v) is 1.99. The molecule has 19 heavy (non-hydrogen) atoms. The number of hydrogen-bond acceptors (Lipinski definition) is 2. The van der Waals surface area contributed by atoms with Crippen molar-refractivity contribution in [1.29, 1.82) is 0 Å². The number of amides is 1. The Balaban J connectivity index is 2.03. The highest BCUT2D eigenvalue weighted by atomic mass is 19.1. The Kier molecular flexibility index (Phi) is 4.14. The molecule has 1 atom stereocenters. The van der Waals surface area contributed by atoms with Crippen LogP contribution in [0.25, 0.3) is 0 Å². The third kappa shape index (κ3) is 4.35. The summed E-state index contributed by atoms with van der Waals surface area (Å²) >= 11 is 0. The number of carbonyl (C=O) groups excluding carboxylic acids is 1. The zero-order valence-corrected chi connectivity index (χ0v) is 10.4. The fourth-order valence-electron chi connectivity index (χ4n) is 1.99. The van der Waals surface area contributed by atoms with Crippen LogP contribution in [0.15, 0.2) is 24.3 Å². The number of rotatable bonds is 6. The van der Waals surface area contributed by atoms with E-state index in [0.29, 0.717) is 5.56 Å². The zero-order chi connectivity index (χ0) is 13.8. The van der Waals surface area contributed by atoms with E-state index in [1.165, 1.54) is 24.3 Å². The van der Waals surface area contributed by atoms with Gasteiger partial charge in [-0.3, -0.25) is 9.59 Å². The molecule has 0 radical (unpaired) electrons. The lowest BCUT2D eigenvalue weighted by molar-refractivity contribution is -0.137. The predicted octanol–water partition coefficient (Wildman–Crippen LogP) is 2.05. The molecule has 0 bridgehead atoms. The lowest BCUT2D eigenvalue weighted by Gasteiger charge is -2.15. The van der Waals surface area contributed by atoms with Crippen LogP contribution in [-0.2, 0) is 9.59 Å². The Labute approximate surface area is 110 Å². The van der Waals surface area contributed by atoms with Crippen molar-refractivity contribution in [2.24, 2.45) is 0 Å². The lowest BCUT2D eigenvalue weighted by Crippen LogP contribution is -2.27. The summed E-state index contributed by atoms with van der Waals surface area (Å²) in [6, 6.07) is 5.89. The second kappa shape index (κ2) is 5.82. The summed E-state index contributed by atoms with van der Waals surface area (Å²) in [6.07, 6.45) is 1.97. The van der Waals surface area contributed by atoms with E-state index in [0.717, 1.165) is 12.8 Å². The Morgan fingerprint density at radius 3 is 2.42 bits per heavy atom. The number of carboxylic acid groups (broad SMARTS) is 1. The quantitative estimate of drug-likeness (QED) is 0.827. The van der Waals surface area contributed by atoms with Gasteiger partial charge < -0.3 is 10.4 Å². The van der Waals surface area contributed by atoms with Crippen molar-refractivity contribution in [3.05, 3.63) is 35.6 Å². The van der Waals surface area contributed by atoms with Crippen LogP contribution in [0.5, 0.6) is 0 Å². The van der Waals surface area contributed by atoms with Gasteiger partial charge in [-0.15, -0.1) is 0 Å². The first kappa shape index (κ1) is 13.5. The summed E-state index contributed by atoms with van der Waals surface area (Å²) in [6.45, 7) is 0. The Hall–Kier alpha value is -1.91. The number of aliphatic carboxylic acids is 1. The zero-order valence-electron chi connectivity index (χ0n) is 10.4. The van der Waals surface area contributed by atoms with Crippen molar-refractivity contribution in [3.8, 4) is 0 Å². The minimum absolute atomic E-state index is 0.119. The maximum atomic E-state index is 12.9. The molecule has 1 unspecified atom stereocenters. The van der Waals surface area contributed by atoms with Gasteiger partial charge in [0.1, 0.15) is 5.82 Å². The van der Waals surface area contributed by atoms with E-state index in [1.807, 2.05) is 0 Å². The summed E-state index contributed by atoms with van der Waals surface area (Å²) in [5.74, 6) is -1.90. The molecule has 2 rings (SSSR count). The third-order valence-electron chi connectivity index (χ3n) is 3.14. The van der Waals surface area contributed by atoms with Gasteiger partial charge >= 0.3 is 5.97 Å². The topological polar surface area (TPSA) is 66.4 Å². The van der Waals surface area contributed by atoms with Crippen molar-refractivity contribution in [2.45, 2.75) is 37.6 Å². The highest BCUT2D eigenvalue weighted by molar-refractivity contribution is 5.78. The van der Waals surface area contributed by atoms with Gasteiger partial charge in [-0.2, -0.15) is 0 Å². The molecule has 4 nitrogen and oxygen atoms in total. The van der Waals surface area contributed by atoms with Crippen LogP contribution in [-0.4, -0.2) is 23.0 Å². The first-order valence-electron chi connectivity index (χ1n) is 6.31. The molecule has 0 saturated heterocycles. The van der Waals surface area contributed by atoms with E-state index in [9.17, 15) is 14.0 Å². The fraction of sp³-hybridized carbons (Fsp3) is 0.429. The van der Waals surface area contributed by atoms with Crippen molar-refractivity contribution >= 4 is 11.9 Å². The molecule has 0 spiro atoms. The van der Waals surface area contributed by atoms with Crippen LogP contribution in [0.2, 0.25) is 0 Å². The number of benzene rings is 1. The molecule has 5 heteroatoms. The minimum Gasteiger partial charge on any atom is -0.481 e. The first-order valence-corrected chi connectivity index (χ1v) is 6.31. The maximum absolute atomic E-state index is 12.9. The maximum Gasteiger partial charge on any atom is 0.303 e. The summed E-state index contributed by atoms with van der Waals surface area (Å²) in [7, 11) is 0. The second-order valence-electron chi connectivity index (χ2n) is 4.89. The molecule has 0 heterocycles. The molecule has 1 aliphatic carbocycles. The molecule has 0 aromatic heterocycles. The van der Waals surface area contributed by atoms with E-state index >= 15 is 0 Å². The molecule has 1 amide bonds. The van der Waals surface area contributed by atoms with Gasteiger partial charge in [-0.1, -0.05) is 12.1 Å². The van der Waals surface area contributed by atoms with Crippen LogP contribution in [0.3, 0.4) is 0 Å². The normalized spacial score (nSPS) is 15.8. The monoisotopic (exact) mass is 265 g/mol. The van der Waals surface area contributed by atoms with Crippen LogP contribution in [0.4, 0.5) is 4.39 Å². The van der Waals surface area contributed by atoms with E-state index in [1.54, 1.807) is 0 Å². The average molecular weight is 265 g/mol. The molecular formula is C14H16FNO3. The van der Waals surface area contributed by atoms with E-state index < -0.39 is 11.9 Å². The molecule has 102 valence electrons. The molecule has 1 aromatic carbocycles. The van der Waals surface area contributed by atoms with Crippen molar-refractivity contribution < 1.29 is 19.1 Å². The number of hydrogen-bond donors (Lipinski definition) is 2. The van der Waals surface area contributed by atoms with Gasteiger partial charge in [-0.05, 0) is 30.5 Å². The van der Waals surface area contributed by atoms with Gasteiger partial charge in [0.15, 0.2) is 0 Å². The Morgan fingerprint density at radius 1 is 1.26 bits per heavy atom. The van der Waals surface area contributed by atoms with Gasteiger partial charge in [0, 0.05) is 18.4 Å². The minimum atomic E-state index is -0.964. The third-order valence-corrected chi connectivity index (χ3v) is 3.14. The van der Waals surface area contributed by atoms with Gasteiger partial charge in [-0.25, -0.2) is 4.39 Å². The predicted molar refractivity (Wildman–Crippen MR) is 67.2 cm³/mol. The Bertz CT molecular complexity index is 468. The molecule has 0 aliphatic heterocycles. The van der Waals surface area contributed by atoms with Crippen LogP contribution in [0.1, 0.15) is 37.2 Å². The summed E-state index contributed by atoms with van der Waals surface area (Å²) in [4.78, 5) is 22.6. The molecule has 1 fully saturated rings. The van der Waals surface area contributed by atoms with E-state index in [-0.39, 0.29) is 30.6 Å². The average Bonchev–Trinajstić information content (AvgIpc) is 3.12. The highest BCUT2D eigenvalue weighted by Crippen LogP contribution is 2.25. The van der Waals surface area contributed by atoms with E-state index in [2.05, 4.69) is 5.32 Å². The Morgan fingerprint density at radius 2 is 1.89 bits per heavy atom.